The Labute approximate surface area is 118 Å². The molecule has 19 heavy (non-hydrogen) atoms. The van der Waals surface area contributed by atoms with Crippen LogP contribution in [0.1, 0.15) is 19.8 Å². The number of likely N-dealkylation sites (N-methyl/N-ethyl adjacent to an activating group) is 1. The van der Waals surface area contributed by atoms with Gasteiger partial charge in [0.25, 0.3) is 5.91 Å². The zero-order valence-electron chi connectivity index (χ0n) is 10.5. The maximum atomic E-state index is 13.4. The summed E-state index contributed by atoms with van der Waals surface area (Å²) in [6.45, 7) is 2.20. The number of halogens is 3. The average molecular weight is 334 g/mol. The summed E-state index contributed by atoms with van der Waals surface area (Å²) in [6.07, 6.45) is 2.00. The molecule has 0 aliphatic heterocycles. The molecule has 1 fully saturated rings. The van der Waals surface area contributed by atoms with Crippen LogP contribution in [0.5, 0.6) is 5.75 Å². The molecular formula is C13H14BrF2NO2. The van der Waals surface area contributed by atoms with Crippen molar-refractivity contribution in [1.29, 1.82) is 0 Å². The number of carbonyl (C=O) groups excluding carboxylic acids is 1. The van der Waals surface area contributed by atoms with Gasteiger partial charge in [0.05, 0.1) is 0 Å². The highest BCUT2D eigenvalue weighted by atomic mass is 79.9. The first-order valence-electron chi connectivity index (χ1n) is 6.09. The second kappa shape index (κ2) is 5.86. The fraction of sp³-hybridized carbons (Fsp3) is 0.462. The molecule has 104 valence electrons. The minimum Gasteiger partial charge on any atom is -0.481 e. The molecule has 6 heteroatoms. The van der Waals surface area contributed by atoms with E-state index in [4.69, 9.17) is 4.74 Å². The molecule has 0 spiro atoms. The predicted octanol–water partition coefficient (Wildman–Crippen LogP) is 3.12. The van der Waals surface area contributed by atoms with Crippen LogP contribution in [0.4, 0.5) is 8.78 Å². The van der Waals surface area contributed by atoms with E-state index in [-0.39, 0.29) is 24.3 Å². The number of amides is 1. The Hall–Kier alpha value is -1.17. The van der Waals surface area contributed by atoms with Gasteiger partial charge in [0, 0.05) is 17.1 Å². The third-order valence-electron chi connectivity index (χ3n) is 2.96. The lowest BCUT2D eigenvalue weighted by Crippen LogP contribution is -2.36. The predicted molar refractivity (Wildman–Crippen MR) is 70.0 cm³/mol. The van der Waals surface area contributed by atoms with Gasteiger partial charge in [-0.25, -0.2) is 4.39 Å². The summed E-state index contributed by atoms with van der Waals surface area (Å²) < 4.78 is 32.0. The summed E-state index contributed by atoms with van der Waals surface area (Å²) in [4.78, 5) is 13.6. The van der Waals surface area contributed by atoms with Crippen LogP contribution >= 0.6 is 15.9 Å². The molecule has 1 saturated carbocycles. The molecule has 1 aromatic carbocycles. The van der Waals surface area contributed by atoms with Gasteiger partial charge in [-0.1, -0.05) is 15.9 Å². The lowest BCUT2D eigenvalue weighted by atomic mass is 10.3. The van der Waals surface area contributed by atoms with Gasteiger partial charge < -0.3 is 9.64 Å². The molecule has 1 aromatic rings. The lowest BCUT2D eigenvalue weighted by molar-refractivity contribution is -0.133. The molecule has 0 heterocycles. The standard InChI is InChI=1S/C13H14BrF2NO2/c1-2-17(9-3-4-9)12(18)7-19-11-6-8(14)5-10(15)13(11)16/h5-6,9H,2-4,7H2,1H3. The second-order valence-corrected chi connectivity index (χ2v) is 5.32. The third-order valence-corrected chi connectivity index (χ3v) is 3.42. The molecule has 0 bridgehead atoms. The van der Waals surface area contributed by atoms with Gasteiger partial charge in [-0.3, -0.25) is 4.79 Å². The largest absolute Gasteiger partial charge is 0.481 e. The maximum Gasteiger partial charge on any atom is 0.260 e. The molecule has 0 radical (unpaired) electrons. The normalized spacial score (nSPS) is 14.3. The summed E-state index contributed by atoms with van der Waals surface area (Å²) in [5.74, 6) is -2.55. The summed E-state index contributed by atoms with van der Waals surface area (Å²) in [6, 6.07) is 2.59. The van der Waals surface area contributed by atoms with Crippen LogP contribution in [0.3, 0.4) is 0 Å². The number of hydrogen-bond acceptors (Lipinski definition) is 2. The zero-order chi connectivity index (χ0) is 14.0. The van der Waals surface area contributed by atoms with E-state index in [2.05, 4.69) is 15.9 Å². The van der Waals surface area contributed by atoms with Crippen molar-refractivity contribution in [1.82, 2.24) is 4.90 Å². The number of rotatable bonds is 5. The number of hydrogen-bond donors (Lipinski definition) is 0. The van der Waals surface area contributed by atoms with E-state index in [9.17, 15) is 13.6 Å². The lowest BCUT2D eigenvalue weighted by Gasteiger charge is -2.20. The molecule has 3 nitrogen and oxygen atoms in total. The summed E-state index contributed by atoms with van der Waals surface area (Å²) >= 11 is 3.05. The Morgan fingerprint density at radius 2 is 2.16 bits per heavy atom. The second-order valence-electron chi connectivity index (χ2n) is 4.40. The van der Waals surface area contributed by atoms with E-state index in [1.54, 1.807) is 4.90 Å². The SMILES string of the molecule is CCN(C(=O)COc1cc(Br)cc(F)c1F)C1CC1. The number of ether oxygens (including phenoxy) is 1. The monoisotopic (exact) mass is 333 g/mol. The Kier molecular flexibility index (Phi) is 4.39. The first-order valence-corrected chi connectivity index (χ1v) is 6.89. The van der Waals surface area contributed by atoms with Gasteiger partial charge in [-0.15, -0.1) is 0 Å². The Morgan fingerprint density at radius 1 is 1.47 bits per heavy atom. The van der Waals surface area contributed by atoms with Gasteiger partial charge >= 0.3 is 0 Å². The molecular weight excluding hydrogens is 320 g/mol. The van der Waals surface area contributed by atoms with E-state index in [0.29, 0.717) is 11.0 Å². The molecule has 2 rings (SSSR count). The van der Waals surface area contributed by atoms with Crippen molar-refractivity contribution >= 4 is 21.8 Å². The minimum absolute atomic E-state index is 0.204. The van der Waals surface area contributed by atoms with Crippen LogP contribution in [0.2, 0.25) is 0 Å². The molecule has 1 aliphatic carbocycles. The van der Waals surface area contributed by atoms with E-state index in [1.165, 1.54) is 6.07 Å². The van der Waals surface area contributed by atoms with Gasteiger partial charge in [0.15, 0.2) is 18.2 Å². The van der Waals surface area contributed by atoms with E-state index in [1.807, 2.05) is 6.92 Å². The van der Waals surface area contributed by atoms with Gasteiger partial charge in [0.1, 0.15) is 0 Å². The van der Waals surface area contributed by atoms with Crippen LogP contribution in [-0.4, -0.2) is 30.0 Å². The molecule has 0 unspecified atom stereocenters. The Balaban J connectivity index is 2.00. The van der Waals surface area contributed by atoms with Crippen molar-refractivity contribution in [3.8, 4) is 5.75 Å². The van der Waals surface area contributed by atoms with Crippen molar-refractivity contribution in [2.24, 2.45) is 0 Å². The highest BCUT2D eigenvalue weighted by Gasteiger charge is 2.31. The van der Waals surface area contributed by atoms with Gasteiger partial charge in [-0.2, -0.15) is 4.39 Å². The molecule has 1 aliphatic rings. The Morgan fingerprint density at radius 3 is 2.74 bits per heavy atom. The Bertz CT molecular complexity index is 492. The fourth-order valence-corrected chi connectivity index (χ4v) is 2.29. The van der Waals surface area contributed by atoms with Crippen LogP contribution < -0.4 is 4.74 Å². The smallest absolute Gasteiger partial charge is 0.260 e. The molecule has 0 aromatic heterocycles. The van der Waals surface area contributed by atoms with Crippen LogP contribution in [0, 0.1) is 11.6 Å². The molecule has 0 N–H and O–H groups in total. The van der Waals surface area contributed by atoms with Crippen molar-refractivity contribution in [2.75, 3.05) is 13.2 Å². The van der Waals surface area contributed by atoms with Crippen molar-refractivity contribution in [3.63, 3.8) is 0 Å². The van der Waals surface area contributed by atoms with Gasteiger partial charge in [-0.05, 0) is 31.9 Å². The summed E-state index contributed by atoms with van der Waals surface area (Å²) in [7, 11) is 0. The highest BCUT2D eigenvalue weighted by molar-refractivity contribution is 9.10. The first kappa shape index (κ1) is 14.2. The van der Waals surface area contributed by atoms with Crippen LogP contribution in [-0.2, 0) is 4.79 Å². The zero-order valence-corrected chi connectivity index (χ0v) is 12.0. The minimum atomic E-state index is -1.08. The quantitative estimate of drug-likeness (QED) is 0.775. The topological polar surface area (TPSA) is 29.5 Å². The van der Waals surface area contributed by atoms with E-state index in [0.717, 1.165) is 18.9 Å². The first-order chi connectivity index (χ1) is 9.02. The highest BCUT2D eigenvalue weighted by Crippen LogP contribution is 2.28. The van der Waals surface area contributed by atoms with Gasteiger partial charge in [0.2, 0.25) is 5.82 Å². The molecule has 1 amide bonds. The van der Waals surface area contributed by atoms with E-state index >= 15 is 0 Å². The summed E-state index contributed by atoms with van der Waals surface area (Å²) in [5, 5.41) is 0. The average Bonchev–Trinajstić information content (AvgIpc) is 3.17. The van der Waals surface area contributed by atoms with Crippen LogP contribution in [0.25, 0.3) is 0 Å². The third kappa shape index (κ3) is 3.43. The number of benzene rings is 1. The van der Waals surface area contributed by atoms with Crippen molar-refractivity contribution in [3.05, 3.63) is 28.2 Å². The molecule has 0 saturated heterocycles. The van der Waals surface area contributed by atoms with E-state index < -0.39 is 11.6 Å². The maximum absolute atomic E-state index is 13.4. The van der Waals surface area contributed by atoms with Crippen molar-refractivity contribution in [2.45, 2.75) is 25.8 Å². The molecule has 0 atom stereocenters. The fourth-order valence-electron chi connectivity index (χ4n) is 1.88. The number of carbonyl (C=O) groups is 1. The van der Waals surface area contributed by atoms with Crippen LogP contribution in [0.15, 0.2) is 16.6 Å². The van der Waals surface area contributed by atoms with Crippen molar-refractivity contribution < 1.29 is 18.3 Å². The summed E-state index contributed by atoms with van der Waals surface area (Å²) in [5.41, 5.74) is 0. The number of nitrogens with zero attached hydrogens (tertiary/aromatic N) is 1.